The van der Waals surface area contributed by atoms with Crippen LogP contribution in [0.2, 0.25) is 5.02 Å². The lowest BCUT2D eigenvalue weighted by Gasteiger charge is -2.57. The van der Waals surface area contributed by atoms with E-state index in [9.17, 15) is 13.2 Å². The van der Waals surface area contributed by atoms with E-state index < -0.39 is 10.0 Å². The molecule has 0 heterocycles. The summed E-state index contributed by atoms with van der Waals surface area (Å²) in [6.07, 6.45) is 7.85. The molecule has 0 aromatic heterocycles. The molecule has 0 atom stereocenters. The first kappa shape index (κ1) is 20.8. The van der Waals surface area contributed by atoms with Crippen LogP contribution in [0.5, 0.6) is 0 Å². The Balaban J connectivity index is 1.36. The lowest BCUT2D eigenvalue weighted by molar-refractivity contribution is -0.114. The molecule has 4 aliphatic rings. The van der Waals surface area contributed by atoms with E-state index in [0.717, 1.165) is 17.8 Å². The highest BCUT2D eigenvalue weighted by atomic mass is 35.5. The Morgan fingerprint density at radius 1 is 0.968 bits per heavy atom. The lowest BCUT2D eigenvalue weighted by atomic mass is 9.48. The molecule has 1 amide bonds. The number of nitrogens with one attached hydrogen (secondary N) is 2. The maximum atomic E-state index is 12.8. The van der Waals surface area contributed by atoms with Gasteiger partial charge in [0.1, 0.15) is 0 Å². The predicted molar refractivity (Wildman–Crippen MR) is 123 cm³/mol. The number of hydrogen-bond donors (Lipinski definition) is 2. The number of amides is 1. The second kappa shape index (κ2) is 7.52. The van der Waals surface area contributed by atoms with E-state index >= 15 is 0 Å². The molecular weight excluding hydrogens is 432 g/mol. The van der Waals surface area contributed by atoms with Gasteiger partial charge in [-0.05, 0) is 104 Å². The van der Waals surface area contributed by atoms with E-state index in [4.69, 9.17) is 11.6 Å². The van der Waals surface area contributed by atoms with E-state index in [1.165, 1.54) is 63.1 Å². The first-order valence-electron chi connectivity index (χ1n) is 10.9. The highest BCUT2D eigenvalue weighted by molar-refractivity contribution is 7.92. The smallest absolute Gasteiger partial charge is 0.261 e. The third kappa shape index (κ3) is 3.96. The van der Waals surface area contributed by atoms with Crippen LogP contribution in [-0.2, 0) is 20.2 Å². The van der Waals surface area contributed by atoms with Crippen molar-refractivity contribution in [2.75, 3.05) is 10.0 Å². The van der Waals surface area contributed by atoms with Gasteiger partial charge >= 0.3 is 0 Å². The summed E-state index contributed by atoms with van der Waals surface area (Å²) < 4.78 is 28.3. The Hall–Kier alpha value is -2.05. The number of carbonyl (C=O) groups excluding carboxylic acids is 1. The van der Waals surface area contributed by atoms with Crippen molar-refractivity contribution in [2.24, 2.45) is 17.8 Å². The molecule has 2 aromatic carbocycles. The molecule has 0 spiro atoms. The maximum Gasteiger partial charge on any atom is 0.261 e. The number of benzene rings is 2. The molecule has 2 aromatic rings. The monoisotopic (exact) mass is 458 g/mol. The molecule has 2 N–H and O–H groups in total. The fraction of sp³-hybridized carbons (Fsp3) is 0.458. The van der Waals surface area contributed by atoms with E-state index in [1.54, 1.807) is 18.2 Å². The molecule has 0 unspecified atom stereocenters. The molecule has 5 nitrogen and oxygen atoms in total. The van der Waals surface area contributed by atoms with Gasteiger partial charge < -0.3 is 5.32 Å². The summed E-state index contributed by atoms with van der Waals surface area (Å²) in [5.41, 5.74) is 2.42. The van der Waals surface area contributed by atoms with Gasteiger partial charge in [0.2, 0.25) is 5.91 Å². The first-order valence-corrected chi connectivity index (χ1v) is 12.8. The normalized spacial score (nSPS) is 29.0. The second-order valence-corrected chi connectivity index (χ2v) is 11.8. The van der Waals surface area contributed by atoms with Gasteiger partial charge in [-0.25, -0.2) is 8.42 Å². The molecule has 7 heteroatoms. The van der Waals surface area contributed by atoms with Gasteiger partial charge in [0, 0.05) is 12.6 Å². The van der Waals surface area contributed by atoms with Gasteiger partial charge in [-0.1, -0.05) is 17.7 Å². The largest absolute Gasteiger partial charge is 0.326 e. The molecule has 0 radical (unpaired) electrons. The lowest BCUT2D eigenvalue weighted by Crippen LogP contribution is -2.48. The Bertz CT molecular complexity index is 1090. The summed E-state index contributed by atoms with van der Waals surface area (Å²) in [5, 5.41) is 3.06. The van der Waals surface area contributed by atoms with Crippen molar-refractivity contribution in [1.29, 1.82) is 0 Å². The number of carbonyl (C=O) groups is 1. The molecular formula is C24H27ClN2O3S. The van der Waals surface area contributed by atoms with Crippen LogP contribution in [0.1, 0.15) is 51.0 Å². The van der Waals surface area contributed by atoms with Gasteiger partial charge in [-0.3, -0.25) is 9.52 Å². The predicted octanol–water partition coefficient (Wildman–Crippen LogP) is 5.57. The van der Waals surface area contributed by atoms with Crippen LogP contribution in [0.15, 0.2) is 47.4 Å². The zero-order valence-electron chi connectivity index (χ0n) is 17.5. The Morgan fingerprint density at radius 2 is 1.55 bits per heavy atom. The van der Waals surface area contributed by atoms with E-state index in [2.05, 4.69) is 16.1 Å². The summed E-state index contributed by atoms with van der Waals surface area (Å²) in [6, 6.07) is 11.9. The fourth-order valence-electron chi connectivity index (χ4n) is 6.52. The van der Waals surface area contributed by atoms with Gasteiger partial charge in [-0.2, -0.15) is 0 Å². The standard InChI is InChI=1S/C24H27ClN2O3S/c1-15(28)26-20-3-5-21(6-4-20)31(29,30)27-23-7-2-19(11-22(23)25)24-12-16-8-17(13-24)10-18(9-16)14-24/h2-7,11,16-18,27H,8-10,12-14H2,1H3,(H,26,28). The minimum absolute atomic E-state index is 0.114. The molecule has 0 aliphatic heterocycles. The first-order chi connectivity index (χ1) is 14.7. The van der Waals surface area contributed by atoms with Gasteiger partial charge in [-0.15, -0.1) is 0 Å². The van der Waals surface area contributed by atoms with Crippen molar-refractivity contribution in [3.63, 3.8) is 0 Å². The number of sulfonamides is 1. The summed E-state index contributed by atoms with van der Waals surface area (Å²) in [4.78, 5) is 11.3. The molecule has 0 saturated heterocycles. The SMILES string of the molecule is CC(=O)Nc1ccc(S(=O)(=O)Nc2ccc(C34CC5CC(CC(C5)C3)C4)cc2Cl)cc1. The Kier molecular flexibility index (Phi) is 5.05. The van der Waals surface area contributed by atoms with Crippen LogP contribution >= 0.6 is 11.6 Å². The molecule has 164 valence electrons. The van der Waals surface area contributed by atoms with Crippen molar-refractivity contribution >= 4 is 38.9 Å². The van der Waals surface area contributed by atoms with E-state index in [-0.39, 0.29) is 16.2 Å². The maximum absolute atomic E-state index is 12.8. The van der Waals surface area contributed by atoms with Crippen molar-refractivity contribution in [3.8, 4) is 0 Å². The zero-order valence-corrected chi connectivity index (χ0v) is 19.1. The minimum Gasteiger partial charge on any atom is -0.326 e. The van der Waals surface area contributed by atoms with Gasteiger partial charge in [0.15, 0.2) is 0 Å². The zero-order chi connectivity index (χ0) is 21.8. The Morgan fingerprint density at radius 3 is 2.06 bits per heavy atom. The topological polar surface area (TPSA) is 75.3 Å². The van der Waals surface area contributed by atoms with Crippen molar-refractivity contribution in [1.82, 2.24) is 0 Å². The van der Waals surface area contributed by atoms with E-state index in [0.29, 0.717) is 16.4 Å². The van der Waals surface area contributed by atoms with Gasteiger partial charge in [0.05, 0.1) is 15.6 Å². The average Bonchev–Trinajstić information content (AvgIpc) is 2.68. The average molecular weight is 459 g/mol. The molecule has 31 heavy (non-hydrogen) atoms. The Labute approximate surface area is 188 Å². The highest BCUT2D eigenvalue weighted by Crippen LogP contribution is 2.61. The fourth-order valence-corrected chi connectivity index (χ4v) is 7.88. The molecule has 4 bridgehead atoms. The summed E-state index contributed by atoms with van der Waals surface area (Å²) >= 11 is 6.57. The van der Waals surface area contributed by atoms with Crippen LogP contribution in [0.3, 0.4) is 0 Å². The number of halogens is 1. The number of anilines is 2. The summed E-state index contributed by atoms with van der Waals surface area (Å²) in [6.45, 7) is 1.40. The number of rotatable bonds is 5. The van der Waals surface area contributed by atoms with Crippen LogP contribution in [0.4, 0.5) is 11.4 Å². The molecule has 4 fully saturated rings. The summed E-state index contributed by atoms with van der Waals surface area (Å²) in [5.74, 6) is 2.30. The van der Waals surface area contributed by atoms with Crippen molar-refractivity contribution in [2.45, 2.75) is 55.8 Å². The molecule has 4 saturated carbocycles. The molecule has 4 aliphatic carbocycles. The highest BCUT2D eigenvalue weighted by Gasteiger charge is 2.51. The number of hydrogen-bond acceptors (Lipinski definition) is 3. The van der Waals surface area contributed by atoms with Crippen LogP contribution < -0.4 is 10.0 Å². The third-order valence-corrected chi connectivity index (χ3v) is 9.04. The van der Waals surface area contributed by atoms with Crippen LogP contribution in [0.25, 0.3) is 0 Å². The summed E-state index contributed by atoms with van der Waals surface area (Å²) in [7, 11) is -3.79. The van der Waals surface area contributed by atoms with Crippen molar-refractivity contribution < 1.29 is 13.2 Å². The third-order valence-electron chi connectivity index (χ3n) is 7.35. The van der Waals surface area contributed by atoms with E-state index in [1.807, 2.05) is 6.07 Å². The second-order valence-electron chi connectivity index (χ2n) is 9.70. The van der Waals surface area contributed by atoms with Gasteiger partial charge in [0.25, 0.3) is 10.0 Å². The minimum atomic E-state index is -3.79. The molecule has 6 rings (SSSR count). The van der Waals surface area contributed by atoms with Crippen LogP contribution in [0, 0.1) is 17.8 Å². The quantitative estimate of drug-likeness (QED) is 0.615. The van der Waals surface area contributed by atoms with Crippen LogP contribution in [-0.4, -0.2) is 14.3 Å². The van der Waals surface area contributed by atoms with Crippen molar-refractivity contribution in [3.05, 3.63) is 53.1 Å².